The molecule has 0 bridgehead atoms. The first-order chi connectivity index (χ1) is 6.72. The van der Waals surface area contributed by atoms with Crippen LogP contribution in [0.15, 0.2) is 0 Å². The van der Waals surface area contributed by atoms with Crippen molar-refractivity contribution in [2.75, 3.05) is 39.3 Å². The van der Waals surface area contributed by atoms with Gasteiger partial charge in [-0.05, 0) is 6.54 Å². The fourth-order valence-corrected chi connectivity index (χ4v) is 1.55. The monoisotopic (exact) mass is 201 g/mol. The van der Waals surface area contributed by atoms with E-state index in [4.69, 9.17) is 10.5 Å². The number of rotatable bonds is 5. The van der Waals surface area contributed by atoms with Gasteiger partial charge < -0.3 is 15.8 Å². The molecule has 5 nitrogen and oxygen atoms in total. The van der Waals surface area contributed by atoms with Crippen LogP contribution in [0.1, 0.15) is 6.92 Å². The second-order valence-corrected chi connectivity index (χ2v) is 3.48. The Morgan fingerprint density at radius 3 is 3.14 bits per heavy atom. The van der Waals surface area contributed by atoms with E-state index >= 15 is 0 Å². The molecule has 0 aromatic heterocycles. The van der Waals surface area contributed by atoms with E-state index in [0.717, 1.165) is 26.2 Å². The van der Waals surface area contributed by atoms with E-state index in [0.29, 0.717) is 6.54 Å². The Labute approximate surface area is 84.6 Å². The number of likely N-dealkylation sites (N-methyl/N-ethyl adjacent to an activating group) is 1. The smallest absolute Gasteiger partial charge is 0.231 e. The highest BCUT2D eigenvalue weighted by Gasteiger charge is 2.18. The van der Waals surface area contributed by atoms with Gasteiger partial charge in [0, 0.05) is 19.6 Å². The number of primary amides is 1. The Bertz CT molecular complexity index is 187. The molecule has 14 heavy (non-hydrogen) atoms. The summed E-state index contributed by atoms with van der Waals surface area (Å²) in [5.74, 6) is -0.326. The summed E-state index contributed by atoms with van der Waals surface area (Å²) in [6.07, 6.45) is 0.183. The molecule has 1 saturated heterocycles. The van der Waals surface area contributed by atoms with E-state index in [1.165, 1.54) is 0 Å². The zero-order valence-electron chi connectivity index (χ0n) is 8.66. The molecule has 5 heteroatoms. The molecule has 3 N–H and O–H groups in total. The van der Waals surface area contributed by atoms with Gasteiger partial charge in [0.2, 0.25) is 5.91 Å². The summed E-state index contributed by atoms with van der Waals surface area (Å²) in [6.45, 7) is 6.82. The predicted molar refractivity (Wildman–Crippen MR) is 53.9 cm³/mol. The summed E-state index contributed by atoms with van der Waals surface area (Å²) >= 11 is 0. The van der Waals surface area contributed by atoms with Crippen LogP contribution in [0.5, 0.6) is 0 Å². The maximum absolute atomic E-state index is 10.5. The Morgan fingerprint density at radius 2 is 2.50 bits per heavy atom. The predicted octanol–water partition coefficient (Wildman–Crippen LogP) is -1.22. The number of hydrogen-bond donors (Lipinski definition) is 2. The molecule has 0 radical (unpaired) electrons. The molecule has 1 fully saturated rings. The van der Waals surface area contributed by atoms with Crippen molar-refractivity contribution < 1.29 is 9.53 Å². The molecule has 1 aliphatic rings. The second-order valence-electron chi connectivity index (χ2n) is 3.48. The molecule has 1 heterocycles. The lowest BCUT2D eigenvalue weighted by atomic mass is 10.2. The number of amides is 1. The summed E-state index contributed by atoms with van der Waals surface area (Å²) in [5, 5.41) is 2.97. The Balaban J connectivity index is 2.14. The maximum Gasteiger partial charge on any atom is 0.231 e. The maximum atomic E-state index is 10.5. The van der Waals surface area contributed by atoms with E-state index in [1.54, 1.807) is 0 Å². The minimum absolute atomic E-state index is 0.183. The van der Waals surface area contributed by atoms with Crippen LogP contribution in [0.2, 0.25) is 0 Å². The van der Waals surface area contributed by atoms with Crippen molar-refractivity contribution in [1.82, 2.24) is 10.2 Å². The number of hydrogen-bond acceptors (Lipinski definition) is 4. The first-order valence-electron chi connectivity index (χ1n) is 5.05. The van der Waals surface area contributed by atoms with Gasteiger partial charge in [-0.2, -0.15) is 0 Å². The third-order valence-corrected chi connectivity index (χ3v) is 2.34. The van der Waals surface area contributed by atoms with E-state index in [-0.39, 0.29) is 18.6 Å². The lowest BCUT2D eigenvalue weighted by Crippen LogP contribution is -2.47. The van der Waals surface area contributed by atoms with Crippen molar-refractivity contribution in [2.45, 2.75) is 13.0 Å². The lowest BCUT2D eigenvalue weighted by Gasteiger charge is -2.32. The lowest BCUT2D eigenvalue weighted by molar-refractivity contribution is -0.117. The highest BCUT2D eigenvalue weighted by molar-refractivity contribution is 5.75. The molecular formula is C9H19N3O2. The van der Waals surface area contributed by atoms with Crippen molar-refractivity contribution in [3.63, 3.8) is 0 Å². The number of carbonyl (C=O) groups is 1. The van der Waals surface area contributed by atoms with Crippen LogP contribution in [0.25, 0.3) is 0 Å². The van der Waals surface area contributed by atoms with E-state index in [2.05, 4.69) is 17.1 Å². The molecule has 1 atom stereocenters. The second kappa shape index (κ2) is 5.95. The zero-order valence-corrected chi connectivity index (χ0v) is 8.66. The highest BCUT2D eigenvalue weighted by atomic mass is 16.5. The minimum atomic E-state index is -0.326. The van der Waals surface area contributed by atoms with Crippen LogP contribution in [0, 0.1) is 0 Å². The van der Waals surface area contributed by atoms with Gasteiger partial charge in [-0.25, -0.2) is 0 Å². The Kier molecular flexibility index (Phi) is 4.86. The van der Waals surface area contributed by atoms with Gasteiger partial charge in [0.1, 0.15) is 0 Å². The molecule has 1 unspecified atom stereocenters. The Morgan fingerprint density at radius 1 is 1.71 bits per heavy atom. The van der Waals surface area contributed by atoms with Crippen molar-refractivity contribution in [3.05, 3.63) is 0 Å². The summed E-state index contributed by atoms with van der Waals surface area (Å²) < 4.78 is 5.54. The standard InChI is InChI=1S/C9H19N3O2/c1-2-12-3-4-14-8(7-12)5-11-6-9(10)13/h8,11H,2-7H2,1H3,(H2,10,13). The normalized spacial score (nSPS) is 23.6. The van der Waals surface area contributed by atoms with Gasteiger partial charge in [0.05, 0.1) is 19.3 Å². The first-order valence-corrected chi connectivity index (χ1v) is 5.05. The van der Waals surface area contributed by atoms with Crippen molar-refractivity contribution >= 4 is 5.91 Å². The molecular weight excluding hydrogens is 182 g/mol. The van der Waals surface area contributed by atoms with Gasteiger partial charge in [-0.15, -0.1) is 0 Å². The van der Waals surface area contributed by atoms with Crippen LogP contribution < -0.4 is 11.1 Å². The largest absolute Gasteiger partial charge is 0.374 e. The highest BCUT2D eigenvalue weighted by Crippen LogP contribution is 2.03. The SMILES string of the molecule is CCN1CCOC(CNCC(N)=O)C1. The third kappa shape index (κ3) is 4.04. The molecule has 0 spiro atoms. The molecule has 0 saturated carbocycles. The van der Waals surface area contributed by atoms with Crippen LogP contribution in [-0.2, 0) is 9.53 Å². The van der Waals surface area contributed by atoms with Gasteiger partial charge in [0.15, 0.2) is 0 Å². The van der Waals surface area contributed by atoms with E-state index in [1.807, 2.05) is 0 Å². The van der Waals surface area contributed by atoms with E-state index in [9.17, 15) is 4.79 Å². The number of nitrogens with zero attached hydrogens (tertiary/aromatic N) is 1. The van der Waals surface area contributed by atoms with Crippen molar-refractivity contribution in [3.8, 4) is 0 Å². The van der Waals surface area contributed by atoms with Crippen LogP contribution >= 0.6 is 0 Å². The minimum Gasteiger partial charge on any atom is -0.374 e. The number of carbonyl (C=O) groups excluding carboxylic acids is 1. The van der Waals surface area contributed by atoms with E-state index < -0.39 is 0 Å². The fourth-order valence-electron chi connectivity index (χ4n) is 1.55. The molecule has 1 rings (SSSR count). The third-order valence-electron chi connectivity index (χ3n) is 2.34. The number of morpholine rings is 1. The summed E-state index contributed by atoms with van der Waals surface area (Å²) in [7, 11) is 0. The quantitative estimate of drug-likeness (QED) is 0.585. The summed E-state index contributed by atoms with van der Waals surface area (Å²) in [6, 6.07) is 0. The topological polar surface area (TPSA) is 67.6 Å². The van der Waals surface area contributed by atoms with Crippen molar-refractivity contribution in [2.24, 2.45) is 5.73 Å². The summed E-state index contributed by atoms with van der Waals surface area (Å²) in [4.78, 5) is 12.8. The zero-order chi connectivity index (χ0) is 10.4. The van der Waals surface area contributed by atoms with Crippen LogP contribution in [0.3, 0.4) is 0 Å². The molecule has 0 aromatic rings. The van der Waals surface area contributed by atoms with Crippen LogP contribution in [-0.4, -0.2) is 56.2 Å². The molecule has 0 aliphatic carbocycles. The average Bonchev–Trinajstić information content (AvgIpc) is 2.18. The number of nitrogens with one attached hydrogen (secondary N) is 1. The first kappa shape index (κ1) is 11.4. The fraction of sp³-hybridized carbons (Fsp3) is 0.889. The molecule has 1 amide bonds. The molecule has 0 aromatic carbocycles. The van der Waals surface area contributed by atoms with Crippen LogP contribution in [0.4, 0.5) is 0 Å². The number of nitrogens with two attached hydrogens (primary N) is 1. The van der Waals surface area contributed by atoms with Crippen molar-refractivity contribution in [1.29, 1.82) is 0 Å². The Hall–Kier alpha value is -0.650. The van der Waals surface area contributed by atoms with Gasteiger partial charge in [-0.1, -0.05) is 6.92 Å². The van der Waals surface area contributed by atoms with Gasteiger partial charge in [-0.3, -0.25) is 9.69 Å². The molecule has 82 valence electrons. The van der Waals surface area contributed by atoms with Gasteiger partial charge in [0.25, 0.3) is 0 Å². The number of ether oxygens (including phenoxy) is 1. The molecule has 1 aliphatic heterocycles. The summed E-state index contributed by atoms with van der Waals surface area (Å²) in [5.41, 5.74) is 5.01. The van der Waals surface area contributed by atoms with Gasteiger partial charge >= 0.3 is 0 Å². The average molecular weight is 201 g/mol.